The van der Waals surface area contributed by atoms with Crippen molar-refractivity contribution in [3.05, 3.63) is 74.7 Å². The predicted octanol–water partition coefficient (Wildman–Crippen LogP) is 4.45. The lowest BCUT2D eigenvalue weighted by Gasteiger charge is -2.26. The molecule has 2 aromatic rings. The zero-order valence-electron chi connectivity index (χ0n) is 14.4. The van der Waals surface area contributed by atoms with E-state index in [9.17, 15) is 13.2 Å². The highest BCUT2D eigenvalue weighted by molar-refractivity contribution is 9.10. The molecule has 0 radical (unpaired) electrons. The average molecular weight is 515 g/mol. The molecule has 0 bridgehead atoms. The Morgan fingerprint density at radius 3 is 2.48 bits per heavy atom. The molecule has 0 saturated heterocycles. The predicted molar refractivity (Wildman–Crippen MR) is 110 cm³/mol. The number of esters is 1. The van der Waals surface area contributed by atoms with E-state index in [4.69, 9.17) is 4.74 Å². The minimum atomic E-state index is -3.82. The molecule has 1 heterocycles. The van der Waals surface area contributed by atoms with Crippen LogP contribution in [-0.4, -0.2) is 31.8 Å². The van der Waals surface area contributed by atoms with Gasteiger partial charge in [0.15, 0.2) is 0 Å². The van der Waals surface area contributed by atoms with Gasteiger partial charge in [-0.2, -0.15) is 4.31 Å². The summed E-state index contributed by atoms with van der Waals surface area (Å²) in [6, 6.07) is 13.0. The number of hydrogen-bond donors (Lipinski definition) is 0. The first-order valence-electron chi connectivity index (χ1n) is 8.24. The third-order valence-electron chi connectivity index (χ3n) is 4.17. The molecule has 142 valence electrons. The number of halogens is 2. The van der Waals surface area contributed by atoms with Crippen molar-refractivity contribution in [2.24, 2.45) is 0 Å². The molecule has 0 fully saturated rings. The molecule has 0 amide bonds. The molecule has 1 aliphatic rings. The molecule has 0 saturated carbocycles. The highest BCUT2D eigenvalue weighted by Crippen LogP contribution is 2.38. The fourth-order valence-corrected chi connectivity index (χ4v) is 5.36. The van der Waals surface area contributed by atoms with Gasteiger partial charge in [-0.1, -0.05) is 56.1 Å². The van der Waals surface area contributed by atoms with Gasteiger partial charge in [0.1, 0.15) is 0 Å². The number of ether oxygens (including phenoxy) is 1. The molecule has 3 rings (SSSR count). The number of carbonyl (C=O) groups is 1. The summed E-state index contributed by atoms with van der Waals surface area (Å²) in [5.74, 6) is -0.502. The molecular weight excluding hydrogens is 498 g/mol. The van der Waals surface area contributed by atoms with E-state index >= 15 is 0 Å². The smallest absolute Gasteiger partial charge is 0.335 e. The Morgan fingerprint density at radius 2 is 1.85 bits per heavy atom. The van der Waals surface area contributed by atoms with Gasteiger partial charge in [0.05, 0.1) is 23.1 Å². The summed E-state index contributed by atoms with van der Waals surface area (Å²) in [4.78, 5) is 12.6. The standard InChI is InChI=1S/C19H17Br2NO4S/c1-2-26-19(23)17-10-11-22(18(17)13-6-8-14(20)9-7-13)27(24,25)16-5-3-4-15(21)12-16/h3-10,12,18H,2,11H2,1H3. The quantitative estimate of drug-likeness (QED) is 0.553. The van der Waals surface area contributed by atoms with Crippen LogP contribution < -0.4 is 0 Å². The fourth-order valence-electron chi connectivity index (χ4n) is 2.96. The molecule has 27 heavy (non-hydrogen) atoms. The second kappa shape index (κ2) is 8.26. The first-order chi connectivity index (χ1) is 12.8. The van der Waals surface area contributed by atoms with Crippen molar-refractivity contribution < 1.29 is 17.9 Å². The van der Waals surface area contributed by atoms with Gasteiger partial charge >= 0.3 is 5.97 Å². The molecule has 1 unspecified atom stereocenters. The summed E-state index contributed by atoms with van der Waals surface area (Å²) < 4.78 is 34.5. The lowest BCUT2D eigenvalue weighted by Crippen LogP contribution is -2.33. The minimum Gasteiger partial charge on any atom is -0.463 e. The molecule has 1 aliphatic heterocycles. The van der Waals surface area contributed by atoms with Crippen LogP contribution in [0.3, 0.4) is 0 Å². The molecule has 1 atom stereocenters. The van der Waals surface area contributed by atoms with Gasteiger partial charge in [-0.25, -0.2) is 13.2 Å². The topological polar surface area (TPSA) is 63.7 Å². The number of rotatable bonds is 5. The second-order valence-electron chi connectivity index (χ2n) is 5.87. The SMILES string of the molecule is CCOC(=O)C1=CCN(S(=O)(=O)c2cccc(Br)c2)C1c1ccc(Br)cc1. The van der Waals surface area contributed by atoms with E-state index in [1.165, 1.54) is 4.31 Å². The Kier molecular flexibility index (Phi) is 6.20. The van der Waals surface area contributed by atoms with E-state index in [0.29, 0.717) is 15.6 Å². The van der Waals surface area contributed by atoms with Crippen LogP contribution in [0.5, 0.6) is 0 Å². The van der Waals surface area contributed by atoms with Crippen LogP contribution in [0.25, 0.3) is 0 Å². The lowest BCUT2D eigenvalue weighted by atomic mass is 10.0. The molecule has 5 nitrogen and oxygen atoms in total. The molecule has 0 aromatic heterocycles. The molecule has 0 aliphatic carbocycles. The number of carbonyl (C=O) groups excluding carboxylic acids is 1. The van der Waals surface area contributed by atoms with Crippen LogP contribution >= 0.6 is 31.9 Å². The lowest BCUT2D eigenvalue weighted by molar-refractivity contribution is -0.138. The van der Waals surface area contributed by atoms with E-state index in [2.05, 4.69) is 31.9 Å². The Labute approximate surface area is 175 Å². The monoisotopic (exact) mass is 513 g/mol. The minimum absolute atomic E-state index is 0.101. The maximum atomic E-state index is 13.3. The molecule has 8 heteroatoms. The van der Waals surface area contributed by atoms with Crippen LogP contribution in [0, 0.1) is 0 Å². The third kappa shape index (κ3) is 4.18. The second-order valence-corrected chi connectivity index (χ2v) is 9.59. The van der Waals surface area contributed by atoms with Crippen molar-refractivity contribution >= 4 is 47.9 Å². The van der Waals surface area contributed by atoms with Crippen molar-refractivity contribution in [1.29, 1.82) is 0 Å². The Balaban J connectivity index is 2.06. The van der Waals surface area contributed by atoms with Crippen molar-refractivity contribution in [3.63, 3.8) is 0 Å². The van der Waals surface area contributed by atoms with E-state index in [-0.39, 0.29) is 18.0 Å². The Hall–Kier alpha value is -1.48. The van der Waals surface area contributed by atoms with Crippen LogP contribution in [0.1, 0.15) is 18.5 Å². The molecule has 0 N–H and O–H groups in total. The highest BCUT2D eigenvalue weighted by atomic mass is 79.9. The summed E-state index contributed by atoms with van der Waals surface area (Å²) in [6.45, 7) is 2.05. The first-order valence-corrected chi connectivity index (χ1v) is 11.3. The molecular formula is C19H17Br2NO4S. The summed E-state index contributed by atoms with van der Waals surface area (Å²) in [5.41, 5.74) is 1.03. The largest absolute Gasteiger partial charge is 0.463 e. The molecule has 2 aromatic carbocycles. The van der Waals surface area contributed by atoms with E-state index < -0.39 is 22.0 Å². The van der Waals surface area contributed by atoms with Gasteiger partial charge in [-0.3, -0.25) is 0 Å². The van der Waals surface area contributed by atoms with Crippen molar-refractivity contribution in [1.82, 2.24) is 4.31 Å². The summed E-state index contributed by atoms with van der Waals surface area (Å²) in [6.07, 6.45) is 1.63. The number of hydrogen-bond acceptors (Lipinski definition) is 4. The Morgan fingerprint density at radius 1 is 1.15 bits per heavy atom. The number of nitrogens with zero attached hydrogens (tertiary/aromatic N) is 1. The zero-order valence-corrected chi connectivity index (χ0v) is 18.4. The average Bonchev–Trinajstić information content (AvgIpc) is 3.08. The van der Waals surface area contributed by atoms with Gasteiger partial charge in [0.25, 0.3) is 0 Å². The van der Waals surface area contributed by atoms with Crippen molar-refractivity contribution in [2.45, 2.75) is 17.9 Å². The van der Waals surface area contributed by atoms with Crippen molar-refractivity contribution in [3.8, 4) is 0 Å². The van der Waals surface area contributed by atoms with Gasteiger partial charge in [-0.15, -0.1) is 0 Å². The maximum absolute atomic E-state index is 13.3. The van der Waals surface area contributed by atoms with E-state index in [1.807, 2.05) is 12.1 Å². The van der Waals surface area contributed by atoms with Crippen LogP contribution in [0.4, 0.5) is 0 Å². The summed E-state index contributed by atoms with van der Waals surface area (Å²) >= 11 is 6.69. The van der Waals surface area contributed by atoms with Crippen LogP contribution in [0.15, 0.2) is 74.0 Å². The van der Waals surface area contributed by atoms with Crippen LogP contribution in [0.2, 0.25) is 0 Å². The van der Waals surface area contributed by atoms with E-state index in [0.717, 1.165) is 4.47 Å². The fraction of sp³-hybridized carbons (Fsp3) is 0.211. The van der Waals surface area contributed by atoms with Crippen molar-refractivity contribution in [2.75, 3.05) is 13.2 Å². The normalized spacial score (nSPS) is 17.6. The van der Waals surface area contributed by atoms with Crippen LogP contribution in [-0.2, 0) is 19.6 Å². The summed E-state index contributed by atoms with van der Waals surface area (Å²) in [7, 11) is -3.82. The third-order valence-corrected chi connectivity index (χ3v) is 7.02. The van der Waals surface area contributed by atoms with Gasteiger partial charge in [0.2, 0.25) is 10.0 Å². The maximum Gasteiger partial charge on any atom is 0.335 e. The van der Waals surface area contributed by atoms with Gasteiger partial charge in [0, 0.05) is 15.5 Å². The van der Waals surface area contributed by atoms with Gasteiger partial charge < -0.3 is 4.74 Å². The number of sulfonamides is 1. The summed E-state index contributed by atoms with van der Waals surface area (Å²) in [5, 5.41) is 0. The van der Waals surface area contributed by atoms with Gasteiger partial charge in [-0.05, 0) is 42.8 Å². The van der Waals surface area contributed by atoms with E-state index in [1.54, 1.807) is 49.4 Å². The molecule has 0 spiro atoms. The Bertz CT molecular complexity index is 987. The zero-order chi connectivity index (χ0) is 19.6. The highest BCUT2D eigenvalue weighted by Gasteiger charge is 2.41. The first kappa shape index (κ1) is 20.3. The number of benzene rings is 2.